The zero-order valence-electron chi connectivity index (χ0n) is 9.07. The van der Waals surface area contributed by atoms with Crippen LogP contribution in [-0.4, -0.2) is 6.04 Å². The van der Waals surface area contributed by atoms with E-state index in [1.165, 1.54) is 0 Å². The molecule has 0 aliphatic rings. The summed E-state index contributed by atoms with van der Waals surface area (Å²) < 4.78 is 11.5. The lowest BCUT2D eigenvalue weighted by Crippen LogP contribution is -2.27. The third-order valence-electron chi connectivity index (χ3n) is 2.34. The van der Waals surface area contributed by atoms with Crippen LogP contribution in [0.1, 0.15) is 18.4 Å². The van der Waals surface area contributed by atoms with Gasteiger partial charge in [0.05, 0.1) is 12.8 Å². The first-order valence-corrected chi connectivity index (χ1v) is 6.03. The minimum absolute atomic E-state index is 0.357. The van der Waals surface area contributed by atoms with E-state index in [0.717, 1.165) is 29.2 Å². The predicted octanol–water partition coefficient (Wildman–Crippen LogP) is 3.36. The minimum Gasteiger partial charge on any atom is -0.469 e. The van der Waals surface area contributed by atoms with E-state index in [1.807, 2.05) is 24.3 Å². The van der Waals surface area contributed by atoms with Gasteiger partial charge in [0.25, 0.3) is 0 Å². The van der Waals surface area contributed by atoms with Crippen molar-refractivity contribution in [1.82, 2.24) is 5.32 Å². The van der Waals surface area contributed by atoms with Crippen LogP contribution in [0.5, 0.6) is 0 Å². The Labute approximate surface area is 103 Å². The Balaban J connectivity index is 1.77. The lowest BCUT2D eigenvalue weighted by molar-refractivity contribution is 0.420. The summed E-state index contributed by atoms with van der Waals surface area (Å²) in [6.07, 6.45) is 2.58. The summed E-state index contributed by atoms with van der Waals surface area (Å²) in [7, 11) is 0. The standard InChI is InChI=1S/C12H14BrNO2/c1-9(7-10-3-2-6-15-10)14-8-11-4-5-12(13)16-11/h2-6,9,14H,7-8H2,1H3. The molecule has 0 saturated carbocycles. The van der Waals surface area contributed by atoms with Gasteiger partial charge in [-0.25, -0.2) is 0 Å². The molecule has 2 aromatic rings. The van der Waals surface area contributed by atoms with E-state index in [1.54, 1.807) is 6.26 Å². The highest BCUT2D eigenvalue weighted by atomic mass is 79.9. The van der Waals surface area contributed by atoms with E-state index in [0.29, 0.717) is 6.04 Å². The first-order valence-electron chi connectivity index (χ1n) is 5.24. The maximum Gasteiger partial charge on any atom is 0.169 e. The summed E-state index contributed by atoms with van der Waals surface area (Å²) in [5.41, 5.74) is 0. The van der Waals surface area contributed by atoms with Gasteiger partial charge in [0.1, 0.15) is 11.5 Å². The van der Waals surface area contributed by atoms with Gasteiger partial charge in [-0.15, -0.1) is 0 Å². The Morgan fingerprint density at radius 3 is 2.81 bits per heavy atom. The van der Waals surface area contributed by atoms with Crippen molar-refractivity contribution in [3.05, 3.63) is 46.7 Å². The van der Waals surface area contributed by atoms with Crippen molar-refractivity contribution in [3.8, 4) is 0 Å². The second kappa shape index (κ2) is 5.37. The third-order valence-corrected chi connectivity index (χ3v) is 2.77. The van der Waals surface area contributed by atoms with Crippen molar-refractivity contribution < 1.29 is 8.83 Å². The molecule has 0 aliphatic carbocycles. The normalized spacial score (nSPS) is 12.9. The Morgan fingerprint density at radius 2 is 2.19 bits per heavy atom. The zero-order valence-corrected chi connectivity index (χ0v) is 10.7. The molecular weight excluding hydrogens is 270 g/mol. The van der Waals surface area contributed by atoms with E-state index >= 15 is 0 Å². The van der Waals surface area contributed by atoms with E-state index in [-0.39, 0.29) is 0 Å². The van der Waals surface area contributed by atoms with Crippen molar-refractivity contribution in [3.63, 3.8) is 0 Å². The van der Waals surface area contributed by atoms with Gasteiger partial charge in [-0.2, -0.15) is 0 Å². The number of hydrogen-bond acceptors (Lipinski definition) is 3. The van der Waals surface area contributed by atoms with Crippen LogP contribution in [0.15, 0.2) is 44.0 Å². The summed E-state index contributed by atoms with van der Waals surface area (Å²) in [6.45, 7) is 2.86. The van der Waals surface area contributed by atoms with Gasteiger partial charge < -0.3 is 14.2 Å². The highest BCUT2D eigenvalue weighted by Gasteiger charge is 2.06. The molecule has 86 valence electrons. The fraction of sp³-hybridized carbons (Fsp3) is 0.333. The number of halogens is 1. The minimum atomic E-state index is 0.357. The molecular formula is C12H14BrNO2. The predicted molar refractivity (Wildman–Crippen MR) is 65.1 cm³/mol. The summed E-state index contributed by atoms with van der Waals surface area (Å²) in [5.74, 6) is 1.93. The molecule has 0 saturated heterocycles. The summed E-state index contributed by atoms with van der Waals surface area (Å²) in [4.78, 5) is 0. The molecule has 0 radical (unpaired) electrons. The maximum atomic E-state index is 5.40. The van der Waals surface area contributed by atoms with Crippen LogP contribution in [0.3, 0.4) is 0 Å². The van der Waals surface area contributed by atoms with Crippen LogP contribution in [0.25, 0.3) is 0 Å². The van der Waals surface area contributed by atoms with Crippen LogP contribution in [0, 0.1) is 0 Å². The molecule has 1 atom stereocenters. The summed E-state index contributed by atoms with van der Waals surface area (Å²) in [6, 6.07) is 8.10. The second-order valence-electron chi connectivity index (χ2n) is 3.77. The number of hydrogen-bond donors (Lipinski definition) is 1. The molecule has 0 aromatic carbocycles. The van der Waals surface area contributed by atoms with Gasteiger partial charge in [-0.3, -0.25) is 0 Å². The van der Waals surface area contributed by atoms with Crippen LogP contribution in [0.2, 0.25) is 0 Å². The topological polar surface area (TPSA) is 38.3 Å². The van der Waals surface area contributed by atoms with Crippen LogP contribution >= 0.6 is 15.9 Å². The third kappa shape index (κ3) is 3.25. The Bertz CT molecular complexity index is 422. The molecule has 0 fully saturated rings. The van der Waals surface area contributed by atoms with Gasteiger partial charge in [0, 0.05) is 12.5 Å². The largest absolute Gasteiger partial charge is 0.469 e. The average molecular weight is 284 g/mol. The molecule has 16 heavy (non-hydrogen) atoms. The molecule has 1 unspecified atom stereocenters. The second-order valence-corrected chi connectivity index (χ2v) is 4.55. The van der Waals surface area contributed by atoms with Crippen molar-refractivity contribution in [2.24, 2.45) is 0 Å². The van der Waals surface area contributed by atoms with Gasteiger partial charge >= 0.3 is 0 Å². The highest BCUT2D eigenvalue weighted by molar-refractivity contribution is 9.10. The van der Waals surface area contributed by atoms with E-state index in [4.69, 9.17) is 8.83 Å². The van der Waals surface area contributed by atoms with E-state index < -0.39 is 0 Å². The van der Waals surface area contributed by atoms with Crippen LogP contribution in [-0.2, 0) is 13.0 Å². The van der Waals surface area contributed by atoms with Gasteiger partial charge in [-0.1, -0.05) is 0 Å². The van der Waals surface area contributed by atoms with Crippen molar-refractivity contribution in [2.45, 2.75) is 25.9 Å². The lowest BCUT2D eigenvalue weighted by atomic mass is 10.2. The fourth-order valence-electron chi connectivity index (χ4n) is 1.52. The molecule has 2 heterocycles. The molecule has 2 rings (SSSR count). The molecule has 2 aromatic heterocycles. The Morgan fingerprint density at radius 1 is 1.31 bits per heavy atom. The van der Waals surface area contributed by atoms with E-state index in [2.05, 4.69) is 28.2 Å². The monoisotopic (exact) mass is 283 g/mol. The summed E-state index contributed by atoms with van der Waals surface area (Å²) in [5, 5.41) is 3.38. The van der Waals surface area contributed by atoms with E-state index in [9.17, 15) is 0 Å². The smallest absolute Gasteiger partial charge is 0.169 e. The molecule has 0 amide bonds. The molecule has 0 aliphatic heterocycles. The van der Waals surface area contributed by atoms with Crippen molar-refractivity contribution in [2.75, 3.05) is 0 Å². The average Bonchev–Trinajstić information content (AvgIpc) is 2.87. The number of furan rings is 2. The number of rotatable bonds is 5. The zero-order chi connectivity index (χ0) is 11.4. The molecule has 3 nitrogen and oxygen atoms in total. The quantitative estimate of drug-likeness (QED) is 0.915. The van der Waals surface area contributed by atoms with Gasteiger partial charge in [0.2, 0.25) is 0 Å². The Kier molecular flexibility index (Phi) is 3.85. The summed E-state index contributed by atoms with van der Waals surface area (Å²) >= 11 is 3.28. The first kappa shape index (κ1) is 11.5. The van der Waals surface area contributed by atoms with Crippen molar-refractivity contribution in [1.29, 1.82) is 0 Å². The fourth-order valence-corrected chi connectivity index (χ4v) is 1.86. The maximum absolute atomic E-state index is 5.40. The number of nitrogens with one attached hydrogen (secondary N) is 1. The SMILES string of the molecule is CC(Cc1ccco1)NCc1ccc(Br)o1. The van der Waals surface area contributed by atoms with Gasteiger partial charge in [0.15, 0.2) is 4.67 Å². The Hall–Kier alpha value is -1.000. The molecule has 4 heteroatoms. The van der Waals surface area contributed by atoms with Crippen LogP contribution in [0.4, 0.5) is 0 Å². The van der Waals surface area contributed by atoms with Gasteiger partial charge in [-0.05, 0) is 47.1 Å². The van der Waals surface area contributed by atoms with Crippen molar-refractivity contribution >= 4 is 15.9 Å². The lowest BCUT2D eigenvalue weighted by Gasteiger charge is -2.10. The van der Waals surface area contributed by atoms with Crippen LogP contribution < -0.4 is 5.32 Å². The first-order chi connectivity index (χ1) is 7.74. The molecule has 1 N–H and O–H groups in total. The highest BCUT2D eigenvalue weighted by Crippen LogP contribution is 2.14. The molecule has 0 spiro atoms. The molecule has 0 bridgehead atoms.